The molecule has 2 rings (SSSR count). The van der Waals surface area contributed by atoms with Crippen molar-refractivity contribution < 1.29 is 0 Å². The predicted octanol–water partition coefficient (Wildman–Crippen LogP) is 3.56. The number of nitrogens with one attached hydrogen (secondary N) is 1. The van der Waals surface area contributed by atoms with E-state index in [1.165, 1.54) is 0 Å². The Morgan fingerprint density at radius 3 is 2.59 bits per heavy atom. The maximum atomic E-state index is 12.1. The molecule has 0 aliphatic rings. The van der Waals surface area contributed by atoms with E-state index in [4.69, 9.17) is 0 Å². The molecule has 1 N–H and O–H groups in total. The second-order valence-corrected chi connectivity index (χ2v) is 5.54. The van der Waals surface area contributed by atoms with Crippen molar-refractivity contribution in [3.05, 3.63) is 48.8 Å². The van der Waals surface area contributed by atoms with Gasteiger partial charge in [-0.3, -0.25) is 9.89 Å². The molecule has 0 saturated heterocycles. The number of aryl methyl sites for hydroxylation is 2. The molecule has 0 spiro atoms. The highest BCUT2D eigenvalue weighted by Crippen LogP contribution is 2.19. The van der Waals surface area contributed by atoms with Crippen molar-refractivity contribution in [1.29, 1.82) is 0 Å². The van der Waals surface area contributed by atoms with Crippen molar-refractivity contribution >= 4 is 31.9 Å². The van der Waals surface area contributed by atoms with E-state index < -0.39 is 0 Å². The molecule has 1 aromatic carbocycles. The number of rotatable bonds is 2. The van der Waals surface area contributed by atoms with E-state index in [1.54, 1.807) is 4.68 Å². The van der Waals surface area contributed by atoms with Crippen molar-refractivity contribution in [2.45, 2.75) is 20.3 Å². The van der Waals surface area contributed by atoms with Crippen molar-refractivity contribution in [3.63, 3.8) is 0 Å². The molecule has 0 aliphatic carbocycles. The summed E-state index contributed by atoms with van der Waals surface area (Å²) >= 11 is 6.74. The Morgan fingerprint density at radius 1 is 1.35 bits per heavy atom. The number of hydrogen-bond donors (Lipinski definition) is 1. The smallest absolute Gasteiger partial charge is 0.285 e. The molecule has 0 atom stereocenters. The SMILES string of the molecule is CCc1[nH]n(-c2ccc(Br)cc2C)c(=O)c1Br. The monoisotopic (exact) mass is 358 g/mol. The standard InChI is InChI=1S/C12H12Br2N2O/c1-3-9-11(14)12(17)16(15-9)10-5-4-8(13)6-7(10)2/h4-6,15H,3H2,1-2H3. The fraction of sp³-hybridized carbons (Fsp3) is 0.250. The van der Waals surface area contributed by atoms with Gasteiger partial charge in [0.15, 0.2) is 0 Å². The summed E-state index contributed by atoms with van der Waals surface area (Å²) in [5, 5.41) is 3.12. The topological polar surface area (TPSA) is 37.8 Å². The fourth-order valence-electron chi connectivity index (χ4n) is 1.74. The van der Waals surface area contributed by atoms with Gasteiger partial charge in [-0.25, -0.2) is 4.68 Å². The lowest BCUT2D eigenvalue weighted by atomic mass is 10.2. The van der Waals surface area contributed by atoms with Crippen molar-refractivity contribution in [1.82, 2.24) is 9.78 Å². The van der Waals surface area contributed by atoms with Crippen molar-refractivity contribution in [3.8, 4) is 5.69 Å². The molecule has 0 radical (unpaired) electrons. The lowest BCUT2D eigenvalue weighted by molar-refractivity contribution is 0.813. The number of hydrogen-bond acceptors (Lipinski definition) is 1. The van der Waals surface area contributed by atoms with E-state index >= 15 is 0 Å². The molecule has 0 aliphatic heterocycles. The van der Waals surface area contributed by atoms with Crippen LogP contribution in [0.5, 0.6) is 0 Å². The van der Waals surface area contributed by atoms with Gasteiger partial charge in [0.25, 0.3) is 5.56 Å². The molecule has 0 fully saturated rings. The molecule has 90 valence electrons. The van der Waals surface area contributed by atoms with E-state index in [-0.39, 0.29) is 5.56 Å². The third-order valence-corrected chi connectivity index (χ3v) is 3.97. The number of H-pyrrole nitrogens is 1. The average molecular weight is 360 g/mol. The van der Waals surface area contributed by atoms with Crippen LogP contribution in [0.25, 0.3) is 5.69 Å². The Hall–Kier alpha value is -0.810. The zero-order valence-electron chi connectivity index (χ0n) is 9.55. The molecule has 0 amide bonds. The molecule has 3 nitrogen and oxygen atoms in total. The number of benzene rings is 1. The molecular weight excluding hydrogens is 348 g/mol. The van der Waals surface area contributed by atoms with Crippen LogP contribution in [0.2, 0.25) is 0 Å². The zero-order chi connectivity index (χ0) is 12.6. The highest BCUT2D eigenvalue weighted by molar-refractivity contribution is 9.10. The third-order valence-electron chi connectivity index (χ3n) is 2.66. The number of aromatic amines is 1. The van der Waals surface area contributed by atoms with E-state index in [1.807, 2.05) is 32.0 Å². The largest absolute Gasteiger partial charge is 0.294 e. The van der Waals surface area contributed by atoms with Crippen LogP contribution in [-0.2, 0) is 6.42 Å². The van der Waals surface area contributed by atoms with Gasteiger partial charge in [0.2, 0.25) is 0 Å². The molecule has 17 heavy (non-hydrogen) atoms. The number of halogens is 2. The van der Waals surface area contributed by atoms with Crippen LogP contribution in [0.1, 0.15) is 18.2 Å². The Balaban J connectivity index is 2.65. The van der Waals surface area contributed by atoms with Crippen LogP contribution in [0.15, 0.2) is 31.9 Å². The summed E-state index contributed by atoms with van der Waals surface area (Å²) in [6, 6.07) is 5.83. The van der Waals surface area contributed by atoms with E-state index in [0.29, 0.717) is 4.47 Å². The van der Waals surface area contributed by atoms with E-state index in [0.717, 1.165) is 27.8 Å². The summed E-state index contributed by atoms with van der Waals surface area (Å²) in [5.74, 6) is 0. The summed E-state index contributed by atoms with van der Waals surface area (Å²) in [5.41, 5.74) is 2.78. The minimum atomic E-state index is -0.0488. The normalized spacial score (nSPS) is 10.8. The van der Waals surface area contributed by atoms with Gasteiger partial charge in [-0.15, -0.1) is 0 Å². The van der Waals surface area contributed by atoms with Crippen LogP contribution >= 0.6 is 31.9 Å². The van der Waals surface area contributed by atoms with E-state index in [9.17, 15) is 4.79 Å². The summed E-state index contributed by atoms with van der Waals surface area (Å²) in [7, 11) is 0. The molecule has 0 saturated carbocycles. The highest BCUT2D eigenvalue weighted by atomic mass is 79.9. The molecule has 0 unspecified atom stereocenters. The Kier molecular flexibility index (Phi) is 3.58. The van der Waals surface area contributed by atoms with Crippen molar-refractivity contribution in [2.24, 2.45) is 0 Å². The first-order valence-corrected chi connectivity index (χ1v) is 6.89. The first kappa shape index (κ1) is 12.6. The molecular formula is C12H12Br2N2O. The predicted molar refractivity (Wildman–Crippen MR) is 75.9 cm³/mol. The van der Waals surface area contributed by atoms with Gasteiger partial charge in [0, 0.05) is 4.47 Å². The fourth-order valence-corrected chi connectivity index (χ4v) is 2.76. The summed E-state index contributed by atoms with van der Waals surface area (Å²) in [4.78, 5) is 12.1. The van der Waals surface area contributed by atoms with Crippen LogP contribution < -0.4 is 5.56 Å². The number of nitrogens with zero attached hydrogens (tertiary/aromatic N) is 1. The van der Waals surface area contributed by atoms with Gasteiger partial charge in [0.1, 0.15) is 4.47 Å². The molecule has 5 heteroatoms. The quantitative estimate of drug-likeness (QED) is 0.874. The lowest BCUT2D eigenvalue weighted by Gasteiger charge is -2.06. The van der Waals surface area contributed by atoms with Gasteiger partial charge >= 0.3 is 0 Å². The van der Waals surface area contributed by atoms with Gasteiger partial charge in [0.05, 0.1) is 11.4 Å². The minimum absolute atomic E-state index is 0.0488. The zero-order valence-corrected chi connectivity index (χ0v) is 12.7. The second kappa shape index (κ2) is 4.82. The Morgan fingerprint density at radius 2 is 2.06 bits per heavy atom. The molecule has 2 aromatic rings. The highest BCUT2D eigenvalue weighted by Gasteiger charge is 2.12. The van der Waals surface area contributed by atoms with Crippen LogP contribution in [-0.4, -0.2) is 9.78 Å². The van der Waals surface area contributed by atoms with Crippen LogP contribution in [0, 0.1) is 6.92 Å². The molecule has 1 aromatic heterocycles. The maximum absolute atomic E-state index is 12.1. The average Bonchev–Trinajstić information content (AvgIpc) is 2.57. The van der Waals surface area contributed by atoms with Gasteiger partial charge in [-0.2, -0.15) is 0 Å². The van der Waals surface area contributed by atoms with Gasteiger partial charge in [-0.1, -0.05) is 22.9 Å². The maximum Gasteiger partial charge on any atom is 0.285 e. The first-order chi connectivity index (χ1) is 8.04. The third kappa shape index (κ3) is 2.26. The minimum Gasteiger partial charge on any atom is -0.294 e. The van der Waals surface area contributed by atoms with Gasteiger partial charge in [-0.05, 0) is 53.0 Å². The second-order valence-electron chi connectivity index (χ2n) is 3.83. The van der Waals surface area contributed by atoms with Crippen LogP contribution in [0.3, 0.4) is 0 Å². The lowest BCUT2D eigenvalue weighted by Crippen LogP contribution is -2.15. The Bertz CT molecular complexity index is 613. The summed E-state index contributed by atoms with van der Waals surface area (Å²) < 4.78 is 3.19. The van der Waals surface area contributed by atoms with E-state index in [2.05, 4.69) is 37.0 Å². The summed E-state index contributed by atoms with van der Waals surface area (Å²) in [6.45, 7) is 3.99. The first-order valence-electron chi connectivity index (χ1n) is 5.30. The van der Waals surface area contributed by atoms with Crippen molar-refractivity contribution in [2.75, 3.05) is 0 Å². The summed E-state index contributed by atoms with van der Waals surface area (Å²) in [6.07, 6.45) is 0.790. The van der Waals surface area contributed by atoms with Crippen LogP contribution in [0.4, 0.5) is 0 Å². The van der Waals surface area contributed by atoms with Gasteiger partial charge < -0.3 is 0 Å². The number of aromatic nitrogens is 2. The molecule has 0 bridgehead atoms. The Labute approximate surface area is 116 Å². The molecule has 1 heterocycles.